The van der Waals surface area contributed by atoms with Gasteiger partial charge < -0.3 is 29.6 Å². The van der Waals surface area contributed by atoms with E-state index in [9.17, 15) is 4.79 Å². The molecule has 2 aromatic carbocycles. The normalized spacial score (nSPS) is 14.7. The van der Waals surface area contributed by atoms with E-state index >= 15 is 0 Å². The van der Waals surface area contributed by atoms with Crippen LogP contribution in [0, 0.1) is 0 Å². The van der Waals surface area contributed by atoms with Crippen molar-refractivity contribution in [1.82, 2.24) is 14.8 Å². The number of hydrogen-bond acceptors (Lipinski definition) is 8. The molecule has 1 aliphatic heterocycles. The molecule has 0 spiro atoms. The molecule has 0 bridgehead atoms. The molecule has 0 saturated heterocycles. The number of allylic oxidation sites excluding steroid dienone is 1. The number of benzene rings is 2. The Morgan fingerprint density at radius 2 is 1.85 bits per heavy atom. The fourth-order valence-electron chi connectivity index (χ4n) is 3.91. The van der Waals surface area contributed by atoms with Crippen LogP contribution in [-0.2, 0) is 4.79 Å². The highest BCUT2D eigenvalue weighted by Gasteiger charge is 2.34. The molecule has 0 saturated carbocycles. The molecule has 0 radical (unpaired) electrons. The van der Waals surface area contributed by atoms with Gasteiger partial charge in [-0.1, -0.05) is 6.07 Å². The number of nitrogens with one attached hydrogen (secondary N) is 2. The summed E-state index contributed by atoms with van der Waals surface area (Å²) in [7, 11) is 4.68. The van der Waals surface area contributed by atoms with Gasteiger partial charge in [0.15, 0.2) is 11.5 Å². The van der Waals surface area contributed by atoms with Gasteiger partial charge in [-0.25, -0.2) is 4.68 Å². The van der Waals surface area contributed by atoms with Crippen molar-refractivity contribution in [2.45, 2.75) is 19.9 Å². The van der Waals surface area contributed by atoms with E-state index in [2.05, 4.69) is 20.7 Å². The second-order valence-electron chi connectivity index (χ2n) is 7.46. The van der Waals surface area contributed by atoms with Crippen molar-refractivity contribution in [3.63, 3.8) is 0 Å². The van der Waals surface area contributed by atoms with Gasteiger partial charge in [-0.15, -0.1) is 0 Å². The Kier molecular flexibility index (Phi) is 6.58. The third-order valence-electron chi connectivity index (χ3n) is 5.50. The first-order chi connectivity index (χ1) is 16.5. The molecule has 1 atom stereocenters. The van der Waals surface area contributed by atoms with Crippen LogP contribution in [0.25, 0.3) is 0 Å². The Morgan fingerprint density at radius 1 is 1.06 bits per heavy atom. The zero-order valence-corrected chi connectivity index (χ0v) is 19.7. The second-order valence-corrected chi connectivity index (χ2v) is 7.46. The van der Waals surface area contributed by atoms with Crippen molar-refractivity contribution in [2.75, 3.05) is 38.6 Å². The van der Waals surface area contributed by atoms with E-state index in [0.717, 1.165) is 5.56 Å². The number of carbonyl (C=O) groups excluding carboxylic acids is 1. The lowest BCUT2D eigenvalue weighted by Gasteiger charge is -2.29. The van der Waals surface area contributed by atoms with Crippen LogP contribution in [0.2, 0.25) is 0 Å². The third kappa shape index (κ3) is 4.21. The number of hydrogen-bond donors (Lipinski definition) is 2. The zero-order chi connectivity index (χ0) is 24.2. The molecule has 0 aliphatic carbocycles. The first-order valence-electron chi connectivity index (χ1n) is 10.7. The summed E-state index contributed by atoms with van der Waals surface area (Å²) in [6, 6.07) is 10.2. The molecule has 34 heavy (non-hydrogen) atoms. The molecule has 4 rings (SSSR count). The SMILES string of the molecule is CCOc1ccc(C2C(C(=O)Nc3ccc(OC)cc3OC)=C(C)Nc3ncnn32)cc1OC. The Bertz CT molecular complexity index is 1240. The van der Waals surface area contributed by atoms with E-state index < -0.39 is 6.04 Å². The summed E-state index contributed by atoms with van der Waals surface area (Å²) >= 11 is 0. The monoisotopic (exact) mass is 465 g/mol. The summed E-state index contributed by atoms with van der Waals surface area (Å²) < 4.78 is 23.6. The van der Waals surface area contributed by atoms with E-state index in [4.69, 9.17) is 18.9 Å². The summed E-state index contributed by atoms with van der Waals surface area (Å²) in [5, 5.41) is 10.5. The molecule has 1 unspecified atom stereocenters. The van der Waals surface area contributed by atoms with Crippen molar-refractivity contribution < 1.29 is 23.7 Å². The molecule has 10 nitrogen and oxygen atoms in total. The number of amides is 1. The van der Waals surface area contributed by atoms with Crippen molar-refractivity contribution in [1.29, 1.82) is 0 Å². The van der Waals surface area contributed by atoms with E-state index in [0.29, 0.717) is 52.5 Å². The highest BCUT2D eigenvalue weighted by molar-refractivity contribution is 6.06. The van der Waals surface area contributed by atoms with Gasteiger partial charge in [0.2, 0.25) is 5.95 Å². The summed E-state index contributed by atoms with van der Waals surface area (Å²) in [6.45, 7) is 4.24. The molecule has 2 N–H and O–H groups in total. The number of ether oxygens (including phenoxy) is 4. The number of carbonyl (C=O) groups is 1. The highest BCUT2D eigenvalue weighted by Crippen LogP contribution is 2.39. The highest BCUT2D eigenvalue weighted by atomic mass is 16.5. The minimum atomic E-state index is -0.549. The van der Waals surface area contributed by atoms with Crippen molar-refractivity contribution in [3.8, 4) is 23.0 Å². The average Bonchev–Trinajstić information content (AvgIpc) is 3.31. The quantitative estimate of drug-likeness (QED) is 0.519. The molecule has 2 heterocycles. The average molecular weight is 466 g/mol. The number of rotatable bonds is 8. The lowest BCUT2D eigenvalue weighted by Crippen LogP contribution is -2.31. The minimum Gasteiger partial charge on any atom is -0.497 e. The lowest BCUT2D eigenvalue weighted by molar-refractivity contribution is -0.113. The number of fused-ring (bicyclic) bond motifs is 1. The van der Waals surface area contributed by atoms with E-state index in [-0.39, 0.29) is 5.91 Å². The van der Waals surface area contributed by atoms with Gasteiger partial charge >= 0.3 is 0 Å². The van der Waals surface area contributed by atoms with Crippen LogP contribution in [0.15, 0.2) is 54.0 Å². The Balaban J connectivity index is 1.76. The molecule has 1 aliphatic rings. The smallest absolute Gasteiger partial charge is 0.255 e. The van der Waals surface area contributed by atoms with Crippen LogP contribution in [0.1, 0.15) is 25.5 Å². The van der Waals surface area contributed by atoms with Gasteiger partial charge in [-0.2, -0.15) is 10.1 Å². The predicted octanol–water partition coefficient (Wildman–Crippen LogP) is 3.63. The van der Waals surface area contributed by atoms with Crippen LogP contribution in [0.4, 0.5) is 11.6 Å². The Labute approximate surface area is 197 Å². The van der Waals surface area contributed by atoms with E-state index in [1.807, 2.05) is 32.0 Å². The zero-order valence-electron chi connectivity index (χ0n) is 19.7. The number of nitrogens with zero attached hydrogens (tertiary/aromatic N) is 3. The van der Waals surface area contributed by atoms with Crippen molar-refractivity contribution in [2.24, 2.45) is 0 Å². The fourth-order valence-corrected chi connectivity index (χ4v) is 3.91. The van der Waals surface area contributed by atoms with Crippen molar-refractivity contribution >= 4 is 17.5 Å². The molecular formula is C24H27N5O5. The first kappa shape index (κ1) is 23.0. The molecule has 1 amide bonds. The Morgan fingerprint density at radius 3 is 2.56 bits per heavy atom. The van der Waals surface area contributed by atoms with Gasteiger partial charge in [0.1, 0.15) is 23.9 Å². The topological polar surface area (TPSA) is 109 Å². The summed E-state index contributed by atoms with van der Waals surface area (Å²) in [6.07, 6.45) is 1.45. The first-order valence-corrected chi connectivity index (χ1v) is 10.7. The van der Waals surface area contributed by atoms with Crippen LogP contribution in [-0.4, -0.2) is 48.6 Å². The summed E-state index contributed by atoms with van der Waals surface area (Å²) in [5.41, 5.74) is 2.44. The standard InChI is InChI=1S/C24H27N5O5/c1-6-34-18-10-7-15(11-20(18)33-5)22-21(14(2)27-24-25-13-26-29(22)24)23(30)28-17-9-8-16(31-3)12-19(17)32-4/h7-13,22H,6H2,1-5H3,(H,28,30)(H,25,26,27). The maximum absolute atomic E-state index is 13.6. The molecule has 0 fully saturated rings. The number of methoxy groups -OCH3 is 3. The van der Waals surface area contributed by atoms with Crippen LogP contribution >= 0.6 is 0 Å². The summed E-state index contributed by atoms with van der Waals surface area (Å²) in [4.78, 5) is 17.9. The van der Waals surface area contributed by atoms with Gasteiger partial charge in [-0.3, -0.25) is 4.79 Å². The van der Waals surface area contributed by atoms with Gasteiger partial charge in [0.05, 0.1) is 39.2 Å². The van der Waals surface area contributed by atoms with Crippen molar-refractivity contribution in [3.05, 3.63) is 59.6 Å². The van der Waals surface area contributed by atoms with E-state index in [1.54, 1.807) is 37.1 Å². The van der Waals surface area contributed by atoms with Crippen LogP contribution in [0.3, 0.4) is 0 Å². The molecular weight excluding hydrogens is 438 g/mol. The molecule has 178 valence electrons. The minimum absolute atomic E-state index is 0.313. The third-order valence-corrected chi connectivity index (χ3v) is 5.50. The van der Waals surface area contributed by atoms with Gasteiger partial charge in [0, 0.05) is 11.8 Å². The number of aromatic nitrogens is 3. The second kappa shape index (κ2) is 9.74. The maximum atomic E-state index is 13.6. The fraction of sp³-hybridized carbons (Fsp3) is 0.292. The molecule has 3 aromatic rings. The molecule has 1 aromatic heterocycles. The molecule has 10 heteroatoms. The maximum Gasteiger partial charge on any atom is 0.255 e. The number of anilines is 2. The summed E-state index contributed by atoms with van der Waals surface area (Å²) in [5.74, 6) is 2.51. The van der Waals surface area contributed by atoms with Crippen LogP contribution in [0.5, 0.6) is 23.0 Å². The van der Waals surface area contributed by atoms with E-state index in [1.165, 1.54) is 13.4 Å². The van der Waals surface area contributed by atoms with Gasteiger partial charge in [0.25, 0.3) is 5.91 Å². The lowest BCUT2D eigenvalue weighted by atomic mass is 9.94. The Hall–Kier alpha value is -4.21. The van der Waals surface area contributed by atoms with Crippen LogP contribution < -0.4 is 29.6 Å². The van der Waals surface area contributed by atoms with Gasteiger partial charge in [-0.05, 0) is 43.7 Å². The largest absolute Gasteiger partial charge is 0.497 e. The predicted molar refractivity (Wildman–Crippen MR) is 127 cm³/mol.